The monoisotopic (exact) mass is 882 g/mol. The van der Waals surface area contributed by atoms with Crippen LogP contribution >= 0.6 is 0 Å². The van der Waals surface area contributed by atoms with E-state index in [2.05, 4.69) is 250 Å². The van der Waals surface area contributed by atoms with E-state index >= 15 is 0 Å². The highest BCUT2D eigenvalue weighted by molar-refractivity contribution is 6.19. The number of fused-ring (bicyclic) bond motifs is 7. The summed E-state index contributed by atoms with van der Waals surface area (Å²) in [6, 6.07) is 80.6. The van der Waals surface area contributed by atoms with Gasteiger partial charge in [0.15, 0.2) is 11.2 Å². The average Bonchev–Trinajstić information content (AvgIpc) is 4.00. The van der Waals surface area contributed by atoms with Gasteiger partial charge in [-0.15, -0.1) is 0 Å². The minimum Gasteiger partial charge on any atom is -0.452 e. The molecule has 0 radical (unpaired) electrons. The molecule has 0 atom stereocenters. The van der Waals surface area contributed by atoms with Crippen LogP contribution in [0.1, 0.15) is 12.5 Å². The van der Waals surface area contributed by atoms with Crippen molar-refractivity contribution in [1.82, 2.24) is 0 Å². The van der Waals surface area contributed by atoms with E-state index in [0.29, 0.717) is 0 Å². The Kier molecular flexibility index (Phi) is 10.6. The van der Waals surface area contributed by atoms with Crippen molar-refractivity contribution in [3.05, 3.63) is 261 Å². The molecule has 2 heteroatoms. The first-order valence-electron chi connectivity index (χ1n) is 23.5. The fraction of sp³-hybridized carbons (Fsp3) is 0.0149. The number of hydrogen-bond donors (Lipinski definition) is 0. The first-order chi connectivity index (χ1) is 34.1. The van der Waals surface area contributed by atoms with Crippen molar-refractivity contribution in [2.45, 2.75) is 6.92 Å². The third-order valence-electron chi connectivity index (χ3n) is 13.4. The standard InChI is InChI=1S/C67H46O2/c1-3-5-15-44(4-2)54-36-55(45-16-9-6-10-17-45)39-58(37-54)50-26-22-48(23-27-50)52-30-34-64-62(42-52)60-32-33-61-63-43-53(31-35-65(63)69-67(61)66(60)68-64)49-24-28-51(29-25-49)59-40-56(46-18-11-7-12-19-46)38-57(41-59)47-20-13-8-14-21-47/h3-43H,1H2,2H3/b15-5-,44-4+. The summed E-state index contributed by atoms with van der Waals surface area (Å²) in [6.45, 7) is 5.96. The van der Waals surface area contributed by atoms with Crippen LogP contribution in [0.4, 0.5) is 0 Å². The third-order valence-corrected chi connectivity index (χ3v) is 13.4. The van der Waals surface area contributed by atoms with E-state index in [1.807, 2.05) is 12.2 Å². The molecule has 2 nitrogen and oxygen atoms in total. The lowest BCUT2D eigenvalue weighted by Crippen LogP contribution is -1.88. The molecule has 10 aromatic carbocycles. The Morgan fingerprint density at radius 3 is 1.03 bits per heavy atom. The van der Waals surface area contributed by atoms with Gasteiger partial charge in [0, 0.05) is 21.5 Å². The zero-order valence-electron chi connectivity index (χ0n) is 38.2. The first-order valence-corrected chi connectivity index (χ1v) is 23.5. The zero-order valence-corrected chi connectivity index (χ0v) is 38.2. The second kappa shape index (κ2) is 17.7. The number of allylic oxidation sites excluding steroid dienone is 5. The Balaban J connectivity index is 0.849. The van der Waals surface area contributed by atoms with Gasteiger partial charge in [-0.2, -0.15) is 0 Å². The molecule has 2 heterocycles. The van der Waals surface area contributed by atoms with Crippen molar-refractivity contribution >= 4 is 49.5 Å². The van der Waals surface area contributed by atoms with Gasteiger partial charge in [-0.25, -0.2) is 0 Å². The summed E-state index contributed by atoms with van der Waals surface area (Å²) in [5.41, 5.74) is 21.9. The topological polar surface area (TPSA) is 26.3 Å². The summed E-state index contributed by atoms with van der Waals surface area (Å²) in [5.74, 6) is 0. The summed E-state index contributed by atoms with van der Waals surface area (Å²) < 4.78 is 13.2. The first kappa shape index (κ1) is 41.5. The minimum atomic E-state index is 0.766. The highest BCUT2D eigenvalue weighted by Crippen LogP contribution is 2.42. The van der Waals surface area contributed by atoms with E-state index in [1.165, 1.54) is 50.1 Å². The molecular weight excluding hydrogens is 837 g/mol. The SMILES string of the molecule is C=C/C=C\C(=C/C)c1cc(-c2ccccc2)cc(-c2ccc(-c3ccc4oc5c(ccc6c7cc(-c8ccc(-c9cc(-c%10ccccc%10)cc(-c%10ccccc%10)c9)cc8)ccc7oc65)c4c3)cc2)c1. The van der Waals surface area contributed by atoms with Crippen molar-refractivity contribution in [2.75, 3.05) is 0 Å². The van der Waals surface area contributed by atoms with Crippen molar-refractivity contribution in [3.63, 3.8) is 0 Å². The molecule has 0 saturated carbocycles. The summed E-state index contributed by atoms with van der Waals surface area (Å²) in [4.78, 5) is 0. The van der Waals surface area contributed by atoms with E-state index in [-0.39, 0.29) is 0 Å². The van der Waals surface area contributed by atoms with Crippen LogP contribution in [0.15, 0.2) is 264 Å². The number of benzene rings is 10. The lowest BCUT2D eigenvalue weighted by molar-refractivity contribution is 0.633. The van der Waals surface area contributed by atoms with Crippen LogP contribution < -0.4 is 0 Å². The Morgan fingerprint density at radius 2 is 0.667 bits per heavy atom. The molecular formula is C67H46O2. The third kappa shape index (κ3) is 7.88. The van der Waals surface area contributed by atoms with E-state index < -0.39 is 0 Å². The lowest BCUT2D eigenvalue weighted by Gasteiger charge is -2.12. The molecule has 0 bridgehead atoms. The predicted molar refractivity (Wildman–Crippen MR) is 292 cm³/mol. The van der Waals surface area contributed by atoms with Gasteiger partial charge >= 0.3 is 0 Å². The molecule has 0 aliphatic rings. The van der Waals surface area contributed by atoms with Gasteiger partial charge in [-0.1, -0.05) is 183 Å². The van der Waals surface area contributed by atoms with Crippen LogP contribution in [0.2, 0.25) is 0 Å². The van der Waals surface area contributed by atoms with Crippen molar-refractivity contribution in [1.29, 1.82) is 0 Å². The van der Waals surface area contributed by atoms with E-state index in [9.17, 15) is 0 Å². The smallest absolute Gasteiger partial charge is 0.178 e. The highest BCUT2D eigenvalue weighted by atomic mass is 16.4. The van der Waals surface area contributed by atoms with Crippen molar-refractivity contribution < 1.29 is 8.83 Å². The van der Waals surface area contributed by atoms with Gasteiger partial charge < -0.3 is 8.83 Å². The Morgan fingerprint density at radius 1 is 0.333 bits per heavy atom. The zero-order chi connectivity index (χ0) is 46.3. The van der Waals surface area contributed by atoms with Gasteiger partial charge in [0.25, 0.3) is 0 Å². The maximum atomic E-state index is 6.61. The van der Waals surface area contributed by atoms with Gasteiger partial charge in [-0.3, -0.25) is 0 Å². The molecule has 0 unspecified atom stereocenters. The predicted octanol–water partition coefficient (Wildman–Crippen LogP) is 19.3. The van der Waals surface area contributed by atoms with Crippen LogP contribution in [0.25, 0.3) is 127 Å². The highest BCUT2D eigenvalue weighted by Gasteiger charge is 2.18. The van der Waals surface area contributed by atoms with Crippen LogP contribution in [-0.4, -0.2) is 0 Å². The van der Waals surface area contributed by atoms with Gasteiger partial charge in [0.2, 0.25) is 0 Å². The minimum absolute atomic E-state index is 0.766. The van der Waals surface area contributed by atoms with Crippen LogP contribution in [0.3, 0.4) is 0 Å². The normalized spacial score (nSPS) is 11.9. The Labute approximate surface area is 402 Å². The summed E-state index contributed by atoms with van der Waals surface area (Å²) in [6.07, 6.45) is 8.07. The molecule has 0 N–H and O–H groups in total. The molecule has 12 rings (SSSR count). The Hall–Kier alpha value is -8.98. The van der Waals surface area contributed by atoms with Crippen molar-refractivity contribution in [2.24, 2.45) is 0 Å². The van der Waals surface area contributed by atoms with Gasteiger partial charge in [0.05, 0.1) is 0 Å². The molecule has 0 saturated heterocycles. The quantitative estimate of drug-likeness (QED) is 0.128. The summed E-state index contributed by atoms with van der Waals surface area (Å²) in [7, 11) is 0. The number of furan rings is 2. The fourth-order valence-corrected chi connectivity index (χ4v) is 9.82. The molecule has 0 aliphatic carbocycles. The molecule has 2 aromatic heterocycles. The molecule has 0 fully saturated rings. The van der Waals surface area contributed by atoms with Crippen LogP contribution in [0, 0.1) is 0 Å². The maximum absolute atomic E-state index is 6.61. The Bertz CT molecular complexity index is 3860. The van der Waals surface area contributed by atoms with E-state index in [4.69, 9.17) is 8.83 Å². The number of hydrogen-bond acceptors (Lipinski definition) is 2. The number of rotatable bonds is 10. The van der Waals surface area contributed by atoms with Crippen molar-refractivity contribution in [3.8, 4) is 77.9 Å². The molecule has 326 valence electrons. The largest absolute Gasteiger partial charge is 0.452 e. The van der Waals surface area contributed by atoms with Gasteiger partial charge in [-0.05, 0) is 169 Å². The second-order valence-electron chi connectivity index (χ2n) is 17.6. The average molecular weight is 883 g/mol. The molecule has 0 amide bonds. The maximum Gasteiger partial charge on any atom is 0.178 e. The van der Waals surface area contributed by atoms with Crippen LogP contribution in [0.5, 0.6) is 0 Å². The van der Waals surface area contributed by atoms with Gasteiger partial charge in [0.1, 0.15) is 11.2 Å². The lowest BCUT2D eigenvalue weighted by atomic mass is 9.92. The molecule has 12 aromatic rings. The second-order valence-corrected chi connectivity index (χ2v) is 17.6. The summed E-state index contributed by atoms with van der Waals surface area (Å²) >= 11 is 0. The van der Waals surface area contributed by atoms with Crippen LogP contribution in [-0.2, 0) is 0 Å². The fourth-order valence-electron chi connectivity index (χ4n) is 9.82. The summed E-state index contributed by atoms with van der Waals surface area (Å²) in [5, 5.41) is 4.20. The molecule has 69 heavy (non-hydrogen) atoms. The van der Waals surface area contributed by atoms with E-state index in [1.54, 1.807) is 0 Å². The molecule has 0 aliphatic heterocycles. The molecule has 0 spiro atoms. The van der Waals surface area contributed by atoms with E-state index in [0.717, 1.165) is 82.8 Å².